The van der Waals surface area contributed by atoms with Crippen LogP contribution in [0.25, 0.3) is 32.9 Å². The predicted molar refractivity (Wildman–Crippen MR) is 156 cm³/mol. The Bertz CT molecular complexity index is 1740. The zero-order valence-corrected chi connectivity index (χ0v) is 22.9. The highest BCUT2D eigenvalue weighted by Crippen LogP contribution is 2.38. The van der Waals surface area contributed by atoms with Crippen molar-refractivity contribution in [2.45, 2.75) is 12.5 Å². The number of benzene rings is 3. The van der Waals surface area contributed by atoms with Crippen LogP contribution < -0.4 is 10.9 Å². The van der Waals surface area contributed by atoms with Gasteiger partial charge in [0.1, 0.15) is 5.75 Å². The Kier molecular flexibility index (Phi) is 6.91. The van der Waals surface area contributed by atoms with Crippen LogP contribution in [0.4, 0.5) is 14.6 Å². The highest BCUT2D eigenvalue weighted by molar-refractivity contribution is 6.34. The number of anilines is 1. The molecule has 0 saturated carbocycles. The molecule has 6 rings (SSSR count). The Morgan fingerprint density at radius 1 is 1.17 bits per heavy atom. The van der Waals surface area contributed by atoms with E-state index >= 15 is 0 Å². The number of rotatable bonds is 8. The lowest BCUT2D eigenvalue weighted by atomic mass is 9.97. The predicted octanol–water partition coefficient (Wildman–Crippen LogP) is 4.58. The van der Waals surface area contributed by atoms with E-state index in [9.17, 15) is 23.5 Å². The molecule has 11 heteroatoms. The third-order valence-electron chi connectivity index (χ3n) is 7.69. The molecule has 212 valence electrons. The summed E-state index contributed by atoms with van der Waals surface area (Å²) in [6, 6.07) is 14.5. The van der Waals surface area contributed by atoms with Gasteiger partial charge in [-0.1, -0.05) is 42.4 Å². The van der Waals surface area contributed by atoms with Crippen LogP contribution in [0.2, 0.25) is 5.02 Å². The molecule has 4 aromatic rings. The number of carbonyl (C=O) groups excluding carboxylic acids is 1. The lowest BCUT2D eigenvalue weighted by molar-refractivity contribution is -0.132. The Balaban J connectivity index is 1.39. The van der Waals surface area contributed by atoms with Crippen molar-refractivity contribution in [1.82, 2.24) is 19.4 Å². The number of hydrogen-bond donors (Lipinski definition) is 2. The van der Waals surface area contributed by atoms with Crippen LogP contribution in [-0.2, 0) is 11.3 Å². The van der Waals surface area contributed by atoms with Gasteiger partial charge in [-0.2, -0.15) is 0 Å². The first-order valence-electron chi connectivity index (χ1n) is 13.3. The summed E-state index contributed by atoms with van der Waals surface area (Å²) < 4.78 is 28.1. The van der Waals surface area contributed by atoms with Gasteiger partial charge in [-0.3, -0.25) is 14.5 Å². The summed E-state index contributed by atoms with van der Waals surface area (Å²) in [6.07, 6.45) is 1.27. The first-order valence-corrected chi connectivity index (χ1v) is 13.7. The molecule has 0 bridgehead atoms. The fourth-order valence-corrected chi connectivity index (χ4v) is 5.89. The highest BCUT2D eigenvalue weighted by atomic mass is 35.5. The van der Waals surface area contributed by atoms with Crippen LogP contribution >= 0.6 is 11.6 Å². The molecule has 0 radical (unpaired) electrons. The second-order valence-corrected chi connectivity index (χ2v) is 11.1. The third kappa shape index (κ3) is 5.25. The van der Waals surface area contributed by atoms with Crippen LogP contribution in [0.15, 0.2) is 66.0 Å². The van der Waals surface area contributed by atoms with E-state index in [1.54, 1.807) is 38.6 Å². The summed E-state index contributed by atoms with van der Waals surface area (Å²) in [5, 5.41) is 15.6. The third-order valence-corrected chi connectivity index (χ3v) is 8.00. The van der Waals surface area contributed by atoms with Crippen LogP contribution in [0.5, 0.6) is 5.75 Å². The number of alkyl halides is 2. The van der Waals surface area contributed by atoms with Gasteiger partial charge >= 0.3 is 0 Å². The average molecular weight is 580 g/mol. The van der Waals surface area contributed by atoms with E-state index in [1.807, 2.05) is 24.3 Å². The van der Waals surface area contributed by atoms with Gasteiger partial charge in [-0.15, -0.1) is 0 Å². The minimum atomic E-state index is -2.66. The molecule has 0 aliphatic carbocycles. The standard InChI is InChI=1S/C30H28ClF2N5O3/c1-2-27(40)37-13-18(14-37)15-38-26-12-24(31)23(22-10-20(39)9-19-5-3-4-6-21(19)22)11-25(26)35-28(29(38)41)34-7-8-36-16-30(32,33)17-36/h2-6,9-12,18,39H,1,7-8,13-17H2,(H,34,35). The number of aromatic hydroxyl groups is 1. The molecule has 0 spiro atoms. The van der Waals surface area contributed by atoms with Gasteiger partial charge in [0, 0.05) is 44.2 Å². The number of phenols is 1. The summed E-state index contributed by atoms with van der Waals surface area (Å²) in [4.78, 5) is 33.4. The van der Waals surface area contributed by atoms with E-state index < -0.39 is 5.92 Å². The maximum Gasteiger partial charge on any atom is 0.293 e. The zero-order chi connectivity index (χ0) is 28.9. The topological polar surface area (TPSA) is 90.7 Å². The number of fused-ring (bicyclic) bond motifs is 2. The summed E-state index contributed by atoms with van der Waals surface area (Å²) in [5.74, 6) is -2.57. The maximum absolute atomic E-state index is 13.6. The number of nitrogens with one attached hydrogen (secondary N) is 1. The molecule has 2 N–H and O–H groups in total. The minimum Gasteiger partial charge on any atom is -0.508 e. The number of carbonyl (C=O) groups is 1. The van der Waals surface area contributed by atoms with Gasteiger partial charge in [-0.25, -0.2) is 13.8 Å². The lowest BCUT2D eigenvalue weighted by Crippen LogP contribution is -2.57. The Labute approximate surface area is 239 Å². The first-order chi connectivity index (χ1) is 19.6. The van der Waals surface area contributed by atoms with E-state index in [0.717, 1.165) is 16.3 Å². The Morgan fingerprint density at radius 3 is 2.66 bits per heavy atom. The van der Waals surface area contributed by atoms with Gasteiger partial charge in [0.05, 0.1) is 29.1 Å². The van der Waals surface area contributed by atoms with Crippen molar-refractivity contribution in [3.63, 3.8) is 0 Å². The fraction of sp³-hybridized carbons (Fsp3) is 0.300. The van der Waals surface area contributed by atoms with Crippen molar-refractivity contribution in [3.8, 4) is 16.9 Å². The molecular formula is C30H28ClF2N5O3. The molecule has 2 fully saturated rings. The Hall–Kier alpha value is -4.02. The van der Waals surface area contributed by atoms with E-state index in [0.29, 0.717) is 47.8 Å². The molecule has 3 aromatic carbocycles. The SMILES string of the molecule is C=CC(=O)N1CC(Cn2c(=O)c(NCCN3CC(F)(F)C3)nc3cc(-c4cc(O)cc5ccccc45)c(Cl)cc32)C1. The van der Waals surface area contributed by atoms with Crippen LogP contribution in [0.1, 0.15) is 0 Å². The lowest BCUT2D eigenvalue weighted by Gasteiger charge is -2.39. The molecule has 3 heterocycles. The zero-order valence-electron chi connectivity index (χ0n) is 22.1. The Morgan fingerprint density at radius 2 is 1.93 bits per heavy atom. The summed E-state index contributed by atoms with van der Waals surface area (Å²) >= 11 is 6.82. The summed E-state index contributed by atoms with van der Waals surface area (Å²) in [6.45, 7) is 4.87. The molecule has 1 amide bonds. The van der Waals surface area contributed by atoms with Crippen molar-refractivity contribution in [1.29, 1.82) is 0 Å². The number of likely N-dealkylation sites (tertiary alicyclic amines) is 2. The van der Waals surface area contributed by atoms with Crippen LogP contribution in [0.3, 0.4) is 0 Å². The number of amides is 1. The van der Waals surface area contributed by atoms with E-state index in [-0.39, 0.29) is 48.6 Å². The van der Waals surface area contributed by atoms with Gasteiger partial charge in [0.15, 0.2) is 5.82 Å². The van der Waals surface area contributed by atoms with Gasteiger partial charge < -0.3 is 19.9 Å². The minimum absolute atomic E-state index is 0.0480. The largest absolute Gasteiger partial charge is 0.508 e. The van der Waals surface area contributed by atoms with Crippen molar-refractivity contribution in [2.75, 3.05) is 44.6 Å². The number of halogens is 3. The van der Waals surface area contributed by atoms with Crippen LogP contribution in [-0.4, -0.2) is 75.6 Å². The van der Waals surface area contributed by atoms with Crippen molar-refractivity contribution < 1.29 is 18.7 Å². The number of nitrogens with zero attached hydrogens (tertiary/aromatic N) is 4. The summed E-state index contributed by atoms with van der Waals surface area (Å²) in [7, 11) is 0. The first kappa shape index (κ1) is 27.2. The molecule has 0 unspecified atom stereocenters. The normalized spacial score (nSPS) is 16.9. The summed E-state index contributed by atoms with van der Waals surface area (Å²) in [5.41, 5.74) is 2.05. The van der Waals surface area contributed by atoms with Gasteiger partial charge in [0.2, 0.25) is 5.91 Å². The molecule has 1 aromatic heterocycles. The second kappa shape index (κ2) is 10.4. The maximum atomic E-state index is 13.6. The van der Waals surface area contributed by atoms with E-state index in [2.05, 4.69) is 16.9 Å². The number of hydrogen-bond acceptors (Lipinski definition) is 6. The van der Waals surface area contributed by atoms with Crippen LogP contribution in [0, 0.1) is 5.92 Å². The van der Waals surface area contributed by atoms with Crippen molar-refractivity contribution in [2.24, 2.45) is 5.92 Å². The van der Waals surface area contributed by atoms with Crippen molar-refractivity contribution in [3.05, 3.63) is 76.6 Å². The van der Waals surface area contributed by atoms with Gasteiger partial charge in [-0.05, 0) is 46.7 Å². The van der Waals surface area contributed by atoms with E-state index in [4.69, 9.17) is 11.6 Å². The molecular weight excluding hydrogens is 552 g/mol. The fourth-order valence-electron chi connectivity index (χ4n) is 5.63. The smallest absolute Gasteiger partial charge is 0.293 e. The van der Waals surface area contributed by atoms with Gasteiger partial charge in [0.25, 0.3) is 11.5 Å². The molecule has 2 aliphatic heterocycles. The number of phenolic OH excluding ortho intramolecular Hbond substituents is 1. The second-order valence-electron chi connectivity index (χ2n) is 10.7. The molecule has 41 heavy (non-hydrogen) atoms. The molecule has 2 saturated heterocycles. The number of aromatic nitrogens is 2. The van der Waals surface area contributed by atoms with E-state index in [1.165, 1.54) is 6.08 Å². The highest BCUT2D eigenvalue weighted by Gasteiger charge is 2.43. The monoisotopic (exact) mass is 579 g/mol. The molecule has 0 atom stereocenters. The average Bonchev–Trinajstić information content (AvgIpc) is 2.90. The molecule has 8 nitrogen and oxygen atoms in total. The molecule has 2 aliphatic rings. The quantitative estimate of drug-likeness (QED) is 0.297. The van der Waals surface area contributed by atoms with Crippen molar-refractivity contribution >= 4 is 45.1 Å².